The second kappa shape index (κ2) is 17.5. The maximum atomic E-state index is 6.65. The lowest BCUT2D eigenvalue weighted by molar-refractivity contribution is 0.189. The smallest absolute Gasteiger partial charge is 0.00953 e. The first-order chi connectivity index (χ1) is 14.8. The summed E-state index contributed by atoms with van der Waals surface area (Å²) in [5.41, 5.74) is 6.65. The summed E-state index contributed by atoms with van der Waals surface area (Å²) < 4.78 is 0. The van der Waals surface area contributed by atoms with E-state index in [2.05, 4.69) is 12.2 Å². The summed E-state index contributed by atoms with van der Waals surface area (Å²) in [6, 6.07) is 1.25. The Morgan fingerprint density at radius 3 is 1.90 bits per heavy atom. The summed E-state index contributed by atoms with van der Waals surface area (Å²) in [4.78, 5) is 0. The molecule has 2 heteroatoms. The van der Waals surface area contributed by atoms with Crippen LogP contribution in [0.3, 0.4) is 0 Å². The molecule has 0 spiro atoms. The molecule has 1 heterocycles. The first-order valence-corrected chi connectivity index (χ1v) is 14.3. The van der Waals surface area contributed by atoms with E-state index in [1.54, 1.807) is 0 Å². The summed E-state index contributed by atoms with van der Waals surface area (Å²) in [5, 5.41) is 4.00. The van der Waals surface area contributed by atoms with Crippen LogP contribution in [-0.4, -0.2) is 18.6 Å². The Hall–Kier alpha value is -0.0800. The minimum Gasteiger partial charge on any atom is -0.327 e. The second-order valence-corrected chi connectivity index (χ2v) is 10.8. The van der Waals surface area contributed by atoms with Gasteiger partial charge in [-0.15, -0.1) is 0 Å². The van der Waals surface area contributed by atoms with Gasteiger partial charge in [-0.2, -0.15) is 0 Å². The molecule has 2 aliphatic rings. The second-order valence-electron chi connectivity index (χ2n) is 10.8. The third-order valence-electron chi connectivity index (χ3n) is 8.23. The van der Waals surface area contributed by atoms with Crippen LogP contribution in [0.4, 0.5) is 0 Å². The molecule has 0 amide bonds. The average molecular weight is 421 g/mol. The minimum absolute atomic E-state index is 0.467. The Bertz CT molecular complexity index is 361. The lowest BCUT2D eigenvalue weighted by Gasteiger charge is -2.37. The van der Waals surface area contributed by atoms with Crippen molar-refractivity contribution >= 4 is 0 Å². The molecule has 178 valence electrons. The van der Waals surface area contributed by atoms with Gasteiger partial charge in [0.15, 0.2) is 0 Å². The first kappa shape index (κ1) is 26.2. The zero-order valence-electron chi connectivity index (χ0n) is 20.7. The van der Waals surface area contributed by atoms with E-state index in [-0.39, 0.29) is 0 Å². The summed E-state index contributed by atoms with van der Waals surface area (Å²) in [5.74, 6) is 1.72. The van der Waals surface area contributed by atoms with Gasteiger partial charge in [0.05, 0.1) is 0 Å². The molecule has 2 fully saturated rings. The maximum absolute atomic E-state index is 6.65. The first-order valence-electron chi connectivity index (χ1n) is 14.3. The molecule has 2 atom stereocenters. The van der Waals surface area contributed by atoms with Crippen molar-refractivity contribution in [1.29, 1.82) is 0 Å². The fourth-order valence-corrected chi connectivity index (χ4v) is 6.07. The number of unbranched alkanes of at least 4 members (excludes halogenated alkanes) is 6. The molecule has 0 aromatic carbocycles. The molecule has 1 aliphatic carbocycles. The fraction of sp³-hybridized carbons (Fsp3) is 1.00. The standard InChI is InChI=1S/C28H56N2/c1-2-3-4-5-9-12-15-18-27(29)25-20-22-26(23-21-25)28-19-16-13-10-7-6-8-11-14-17-24-30-28/h25-28,30H,2-24,29H2,1H3. The van der Waals surface area contributed by atoms with Crippen LogP contribution in [0.5, 0.6) is 0 Å². The number of hydrogen-bond donors (Lipinski definition) is 2. The minimum atomic E-state index is 0.467. The van der Waals surface area contributed by atoms with Crippen molar-refractivity contribution < 1.29 is 0 Å². The van der Waals surface area contributed by atoms with Crippen LogP contribution >= 0.6 is 0 Å². The zero-order valence-corrected chi connectivity index (χ0v) is 20.7. The van der Waals surface area contributed by atoms with Gasteiger partial charge in [0.25, 0.3) is 0 Å². The molecule has 30 heavy (non-hydrogen) atoms. The molecule has 0 bridgehead atoms. The van der Waals surface area contributed by atoms with E-state index < -0.39 is 0 Å². The van der Waals surface area contributed by atoms with Crippen molar-refractivity contribution in [1.82, 2.24) is 5.32 Å². The predicted octanol–water partition coefficient (Wildman–Crippen LogP) is 8.13. The van der Waals surface area contributed by atoms with Gasteiger partial charge in [-0.05, 0) is 63.3 Å². The van der Waals surface area contributed by atoms with E-state index in [1.807, 2.05) is 0 Å². The Balaban J connectivity index is 1.62. The third kappa shape index (κ3) is 11.5. The van der Waals surface area contributed by atoms with Gasteiger partial charge in [0.1, 0.15) is 0 Å². The Labute approximate surface area is 189 Å². The summed E-state index contributed by atoms with van der Waals surface area (Å²) in [6.07, 6.45) is 31.2. The molecule has 1 saturated carbocycles. The summed E-state index contributed by atoms with van der Waals surface area (Å²) in [6.45, 7) is 3.55. The van der Waals surface area contributed by atoms with Crippen LogP contribution in [0.1, 0.15) is 148 Å². The van der Waals surface area contributed by atoms with Crippen LogP contribution in [0.2, 0.25) is 0 Å². The highest BCUT2D eigenvalue weighted by Gasteiger charge is 2.29. The van der Waals surface area contributed by atoms with Gasteiger partial charge in [0.2, 0.25) is 0 Å². The van der Waals surface area contributed by atoms with E-state index in [4.69, 9.17) is 5.73 Å². The predicted molar refractivity (Wildman–Crippen MR) is 134 cm³/mol. The molecule has 1 saturated heterocycles. The number of rotatable bonds is 10. The number of hydrogen-bond acceptors (Lipinski definition) is 2. The van der Waals surface area contributed by atoms with Crippen molar-refractivity contribution in [3.8, 4) is 0 Å². The highest BCUT2D eigenvalue weighted by Crippen LogP contribution is 2.35. The van der Waals surface area contributed by atoms with E-state index in [1.165, 1.54) is 148 Å². The SMILES string of the molecule is CCCCCCCCCC(N)C1CCC(C2CCCCCCCCCCCN2)CC1. The average Bonchev–Trinajstić information content (AvgIpc) is 2.80. The molecular weight excluding hydrogens is 364 g/mol. The third-order valence-corrected chi connectivity index (χ3v) is 8.23. The largest absolute Gasteiger partial charge is 0.327 e. The van der Waals surface area contributed by atoms with Crippen LogP contribution in [0.25, 0.3) is 0 Å². The topological polar surface area (TPSA) is 38.0 Å². The van der Waals surface area contributed by atoms with Gasteiger partial charge >= 0.3 is 0 Å². The van der Waals surface area contributed by atoms with Crippen LogP contribution in [-0.2, 0) is 0 Å². The molecule has 0 aromatic heterocycles. The van der Waals surface area contributed by atoms with E-state index in [0.29, 0.717) is 6.04 Å². The van der Waals surface area contributed by atoms with Crippen molar-refractivity contribution in [3.05, 3.63) is 0 Å². The summed E-state index contributed by atoms with van der Waals surface area (Å²) in [7, 11) is 0. The zero-order chi connectivity index (χ0) is 21.3. The van der Waals surface area contributed by atoms with Crippen molar-refractivity contribution in [2.24, 2.45) is 17.6 Å². The monoisotopic (exact) mass is 420 g/mol. The quantitative estimate of drug-likeness (QED) is 0.350. The highest BCUT2D eigenvalue weighted by molar-refractivity contribution is 4.85. The molecule has 1 aliphatic heterocycles. The Morgan fingerprint density at radius 1 is 0.667 bits per heavy atom. The van der Waals surface area contributed by atoms with Gasteiger partial charge < -0.3 is 11.1 Å². The van der Waals surface area contributed by atoms with Crippen LogP contribution in [0, 0.1) is 11.8 Å². The maximum Gasteiger partial charge on any atom is 0.00953 e. The van der Waals surface area contributed by atoms with E-state index >= 15 is 0 Å². The molecule has 0 aromatic rings. The molecule has 2 rings (SSSR count). The van der Waals surface area contributed by atoms with Gasteiger partial charge in [-0.25, -0.2) is 0 Å². The molecule has 2 unspecified atom stereocenters. The molecule has 2 nitrogen and oxygen atoms in total. The van der Waals surface area contributed by atoms with Crippen molar-refractivity contribution in [3.63, 3.8) is 0 Å². The van der Waals surface area contributed by atoms with Crippen LogP contribution < -0.4 is 11.1 Å². The highest BCUT2D eigenvalue weighted by atomic mass is 14.9. The van der Waals surface area contributed by atoms with Crippen LogP contribution in [0.15, 0.2) is 0 Å². The number of nitrogens with two attached hydrogens (primary N) is 1. The molecule has 3 N–H and O–H groups in total. The van der Waals surface area contributed by atoms with E-state index in [0.717, 1.165) is 17.9 Å². The molecular formula is C28H56N2. The number of nitrogens with one attached hydrogen (secondary N) is 1. The van der Waals surface area contributed by atoms with Gasteiger partial charge in [-0.3, -0.25) is 0 Å². The van der Waals surface area contributed by atoms with Crippen molar-refractivity contribution in [2.75, 3.05) is 6.54 Å². The van der Waals surface area contributed by atoms with E-state index in [9.17, 15) is 0 Å². The lowest BCUT2D eigenvalue weighted by atomic mass is 9.74. The van der Waals surface area contributed by atoms with Gasteiger partial charge in [0, 0.05) is 12.1 Å². The Morgan fingerprint density at radius 2 is 1.23 bits per heavy atom. The lowest BCUT2D eigenvalue weighted by Crippen LogP contribution is -2.41. The van der Waals surface area contributed by atoms with Crippen molar-refractivity contribution in [2.45, 2.75) is 160 Å². The summed E-state index contributed by atoms with van der Waals surface area (Å²) >= 11 is 0. The fourth-order valence-electron chi connectivity index (χ4n) is 6.07. The van der Waals surface area contributed by atoms with Gasteiger partial charge in [-0.1, -0.05) is 103 Å². The molecule has 0 radical (unpaired) electrons. The Kier molecular flexibility index (Phi) is 15.2. The normalized spacial score (nSPS) is 28.8.